The van der Waals surface area contributed by atoms with E-state index in [1.807, 2.05) is 0 Å². The third-order valence-electron chi connectivity index (χ3n) is 1.74. The summed E-state index contributed by atoms with van der Waals surface area (Å²) in [6.07, 6.45) is 1.16. The van der Waals surface area contributed by atoms with Crippen molar-refractivity contribution in [1.29, 1.82) is 0 Å². The Morgan fingerprint density at radius 1 is 1.64 bits per heavy atom. The molecule has 0 aliphatic heterocycles. The molecule has 8 heteroatoms. The van der Waals surface area contributed by atoms with Crippen LogP contribution >= 0.6 is 0 Å². The van der Waals surface area contributed by atoms with E-state index in [0.717, 1.165) is 10.8 Å². The number of hydrogen-bond donors (Lipinski definition) is 1. The number of aromatic nitrogens is 4. The van der Waals surface area contributed by atoms with E-state index in [-0.39, 0.29) is 11.5 Å². The molecule has 0 aliphatic rings. The van der Waals surface area contributed by atoms with Gasteiger partial charge in [0.15, 0.2) is 0 Å². The Bertz CT molecular complexity index is 519. The fourth-order valence-electron chi connectivity index (χ4n) is 1.14. The van der Waals surface area contributed by atoms with Crippen LogP contribution in [0.3, 0.4) is 0 Å². The van der Waals surface area contributed by atoms with Crippen molar-refractivity contribution in [2.24, 2.45) is 0 Å². The Balaban J connectivity index is 2.89. The number of rotatable bonds is 1. The second-order valence-corrected chi connectivity index (χ2v) is 2.60. The first-order chi connectivity index (χ1) is 6.61. The largest absolute Gasteiger partial charge is 0.488 e. The average molecular weight is 195 g/mol. The predicted molar refractivity (Wildman–Crippen MR) is 43.8 cm³/mol. The van der Waals surface area contributed by atoms with Crippen molar-refractivity contribution in [3.05, 3.63) is 22.1 Å². The summed E-state index contributed by atoms with van der Waals surface area (Å²) < 4.78 is 0.908. The zero-order valence-electron chi connectivity index (χ0n) is 7.08. The van der Waals surface area contributed by atoms with E-state index < -0.39 is 16.5 Å². The van der Waals surface area contributed by atoms with Crippen LogP contribution in [0.5, 0.6) is 5.88 Å². The summed E-state index contributed by atoms with van der Waals surface area (Å²) in [6.45, 7) is 1.42. The summed E-state index contributed by atoms with van der Waals surface area (Å²) in [6, 6.07) is 0. The quantitative estimate of drug-likeness (QED) is 0.508. The first-order valence-corrected chi connectivity index (χ1v) is 3.65. The molecule has 2 aromatic rings. The summed E-state index contributed by atoms with van der Waals surface area (Å²) >= 11 is 0. The smallest absolute Gasteiger partial charge is 0.351 e. The number of nitrogens with zero attached hydrogens (tertiary/aromatic N) is 5. The molecular weight excluding hydrogens is 190 g/mol. The lowest BCUT2D eigenvalue weighted by atomic mass is 10.4. The Morgan fingerprint density at radius 2 is 2.36 bits per heavy atom. The van der Waals surface area contributed by atoms with Crippen molar-refractivity contribution < 1.29 is 10.0 Å². The van der Waals surface area contributed by atoms with Crippen molar-refractivity contribution in [1.82, 2.24) is 19.6 Å². The van der Waals surface area contributed by atoms with E-state index in [4.69, 9.17) is 0 Å². The average Bonchev–Trinajstić information content (AvgIpc) is 2.50. The molecule has 2 rings (SSSR count). The van der Waals surface area contributed by atoms with Crippen molar-refractivity contribution in [2.45, 2.75) is 6.92 Å². The minimum atomic E-state index is -0.710. The second-order valence-electron chi connectivity index (χ2n) is 2.60. The SMILES string of the molecule is Cc1nc2ncnn2c(O)c1[N+](=O)[O-]. The normalized spacial score (nSPS) is 10.6. The van der Waals surface area contributed by atoms with Crippen LogP contribution in [0.2, 0.25) is 0 Å². The van der Waals surface area contributed by atoms with Gasteiger partial charge in [0, 0.05) is 0 Å². The fraction of sp³-hybridized carbons (Fsp3) is 0.167. The van der Waals surface area contributed by atoms with Gasteiger partial charge in [-0.05, 0) is 6.92 Å². The van der Waals surface area contributed by atoms with Crippen LogP contribution in [-0.4, -0.2) is 29.6 Å². The molecule has 0 saturated heterocycles. The van der Waals surface area contributed by atoms with Gasteiger partial charge in [0.25, 0.3) is 11.7 Å². The third-order valence-corrected chi connectivity index (χ3v) is 1.74. The number of aromatic hydroxyl groups is 1. The Labute approximate surface area is 77.0 Å². The standard InChI is InChI=1S/C6H5N5O3/c1-3-4(11(13)14)5(12)10-6(9-3)7-2-8-10/h2,12H,1H3. The molecule has 2 heterocycles. The molecule has 8 nitrogen and oxygen atoms in total. The number of hydrogen-bond acceptors (Lipinski definition) is 6. The van der Waals surface area contributed by atoms with Gasteiger partial charge in [-0.2, -0.15) is 9.50 Å². The van der Waals surface area contributed by atoms with Gasteiger partial charge in [0.1, 0.15) is 12.0 Å². The van der Waals surface area contributed by atoms with E-state index in [1.54, 1.807) is 0 Å². The maximum absolute atomic E-state index is 10.6. The highest BCUT2D eigenvalue weighted by molar-refractivity contribution is 5.49. The van der Waals surface area contributed by atoms with Crippen LogP contribution in [0.25, 0.3) is 5.78 Å². The van der Waals surface area contributed by atoms with Crippen molar-refractivity contribution >= 4 is 11.5 Å². The zero-order chi connectivity index (χ0) is 10.3. The number of aryl methyl sites for hydroxylation is 1. The van der Waals surface area contributed by atoms with Gasteiger partial charge in [0.05, 0.1) is 4.92 Å². The van der Waals surface area contributed by atoms with Gasteiger partial charge in [0.2, 0.25) is 0 Å². The van der Waals surface area contributed by atoms with Gasteiger partial charge in [-0.25, -0.2) is 4.98 Å². The van der Waals surface area contributed by atoms with E-state index in [1.165, 1.54) is 6.92 Å². The highest BCUT2D eigenvalue weighted by Crippen LogP contribution is 2.27. The van der Waals surface area contributed by atoms with Crippen LogP contribution in [-0.2, 0) is 0 Å². The molecule has 0 saturated carbocycles. The number of nitro groups is 1. The lowest BCUT2D eigenvalue weighted by molar-refractivity contribution is -0.387. The molecule has 1 N–H and O–H groups in total. The minimum Gasteiger partial charge on any atom is -0.488 e. The van der Waals surface area contributed by atoms with Crippen molar-refractivity contribution in [2.75, 3.05) is 0 Å². The summed E-state index contributed by atoms with van der Waals surface area (Å²) in [5.41, 5.74) is -0.351. The zero-order valence-corrected chi connectivity index (χ0v) is 7.08. The van der Waals surface area contributed by atoms with Crippen LogP contribution in [0.15, 0.2) is 6.33 Å². The highest BCUT2D eigenvalue weighted by atomic mass is 16.6. The predicted octanol–water partition coefficient (Wildman–Crippen LogP) is 0.0465. The van der Waals surface area contributed by atoms with E-state index >= 15 is 0 Å². The third kappa shape index (κ3) is 0.969. The monoisotopic (exact) mass is 195 g/mol. The van der Waals surface area contributed by atoms with Gasteiger partial charge >= 0.3 is 5.69 Å². The Kier molecular flexibility index (Phi) is 1.56. The molecular formula is C6H5N5O3. The summed E-state index contributed by atoms with van der Waals surface area (Å²) in [5, 5.41) is 23.6. The molecule has 0 atom stereocenters. The lowest BCUT2D eigenvalue weighted by Crippen LogP contribution is -2.01. The molecule has 0 amide bonds. The molecule has 0 aromatic carbocycles. The summed E-state index contributed by atoms with van der Waals surface area (Å²) in [7, 11) is 0. The molecule has 0 fully saturated rings. The molecule has 0 unspecified atom stereocenters. The maximum Gasteiger partial charge on any atom is 0.351 e. The van der Waals surface area contributed by atoms with Gasteiger partial charge in [-0.1, -0.05) is 0 Å². The van der Waals surface area contributed by atoms with E-state index in [2.05, 4.69) is 15.1 Å². The Hall–Kier alpha value is -2.25. The van der Waals surface area contributed by atoms with Crippen molar-refractivity contribution in [3.8, 4) is 5.88 Å². The first kappa shape index (κ1) is 8.35. The summed E-state index contributed by atoms with van der Waals surface area (Å²) in [5.74, 6) is -0.430. The van der Waals surface area contributed by atoms with Crippen LogP contribution in [0.4, 0.5) is 5.69 Å². The Morgan fingerprint density at radius 3 is 3.00 bits per heavy atom. The van der Waals surface area contributed by atoms with Crippen LogP contribution < -0.4 is 0 Å². The molecule has 2 aromatic heterocycles. The van der Waals surface area contributed by atoms with Gasteiger partial charge < -0.3 is 5.11 Å². The molecule has 0 bridgehead atoms. The molecule has 14 heavy (non-hydrogen) atoms. The van der Waals surface area contributed by atoms with Crippen LogP contribution in [0, 0.1) is 17.0 Å². The maximum atomic E-state index is 10.6. The topological polar surface area (TPSA) is 106 Å². The molecule has 0 spiro atoms. The van der Waals surface area contributed by atoms with Crippen LogP contribution in [0.1, 0.15) is 5.69 Å². The molecule has 0 radical (unpaired) electrons. The minimum absolute atomic E-state index is 0.105. The first-order valence-electron chi connectivity index (χ1n) is 3.65. The lowest BCUT2D eigenvalue weighted by Gasteiger charge is -1.99. The van der Waals surface area contributed by atoms with Gasteiger partial charge in [-0.15, -0.1) is 5.10 Å². The van der Waals surface area contributed by atoms with Crippen molar-refractivity contribution in [3.63, 3.8) is 0 Å². The molecule has 0 aliphatic carbocycles. The second kappa shape index (κ2) is 2.62. The molecule has 72 valence electrons. The van der Waals surface area contributed by atoms with E-state index in [0.29, 0.717) is 0 Å². The summed E-state index contributed by atoms with van der Waals surface area (Å²) in [4.78, 5) is 17.3. The fourth-order valence-corrected chi connectivity index (χ4v) is 1.14. The number of fused-ring (bicyclic) bond motifs is 1. The highest BCUT2D eigenvalue weighted by Gasteiger charge is 2.23. The van der Waals surface area contributed by atoms with E-state index in [9.17, 15) is 15.2 Å². The van der Waals surface area contributed by atoms with Gasteiger partial charge in [-0.3, -0.25) is 10.1 Å².